The highest BCUT2D eigenvalue weighted by atomic mass is 35.5. The van der Waals surface area contributed by atoms with E-state index in [0.717, 1.165) is 27.8 Å². The Morgan fingerprint density at radius 2 is 1.18 bits per heavy atom. The minimum Gasteiger partial charge on any atom is -0.354 e. The van der Waals surface area contributed by atoms with Gasteiger partial charge in [0.05, 0.1) is 11.3 Å². The van der Waals surface area contributed by atoms with Crippen LogP contribution >= 0.6 is 23.2 Å². The number of hydrogen-bond acceptors (Lipinski definition) is 5. The topological polar surface area (TPSA) is 104 Å². The number of hydrogen-bond donors (Lipinski definition) is 3. The van der Waals surface area contributed by atoms with E-state index in [-0.39, 0.29) is 48.2 Å². The highest BCUT2D eigenvalue weighted by Crippen LogP contribution is 2.37. The Morgan fingerprint density at radius 1 is 0.684 bits per heavy atom. The number of rotatable bonds is 8. The van der Waals surface area contributed by atoms with Crippen LogP contribution < -0.4 is 16.0 Å². The van der Waals surface area contributed by atoms with Crippen LogP contribution in [-0.4, -0.2) is 35.1 Å². The molecule has 2 amide bonds. The molecular weight excluding hydrogens is 525 g/mol. The Morgan fingerprint density at radius 3 is 1.71 bits per heavy atom. The molecule has 0 unspecified atom stereocenters. The largest absolute Gasteiger partial charge is 0.354 e. The van der Waals surface area contributed by atoms with Gasteiger partial charge in [0, 0.05) is 35.5 Å². The summed E-state index contributed by atoms with van der Waals surface area (Å²) in [6.07, 6.45) is 0. The van der Waals surface area contributed by atoms with E-state index >= 15 is 0 Å². The summed E-state index contributed by atoms with van der Waals surface area (Å²) in [6, 6.07) is 12.0. The first-order chi connectivity index (χ1) is 18.2. The van der Waals surface area contributed by atoms with E-state index < -0.39 is 0 Å². The van der Waals surface area contributed by atoms with Crippen molar-refractivity contribution < 1.29 is 19.2 Å². The second-order valence-electron chi connectivity index (χ2n) is 9.08. The van der Waals surface area contributed by atoms with Gasteiger partial charge < -0.3 is 16.0 Å². The lowest BCUT2D eigenvalue weighted by molar-refractivity contribution is -0.119. The summed E-state index contributed by atoms with van der Waals surface area (Å²) in [6.45, 7) is 6.23. The van der Waals surface area contributed by atoms with Crippen molar-refractivity contribution in [3.63, 3.8) is 0 Å². The number of halogens is 2. The molecule has 0 bridgehead atoms. The lowest BCUT2D eigenvalue weighted by Crippen LogP contribution is -2.27. The highest BCUT2D eigenvalue weighted by Gasteiger charge is 2.31. The fraction of sp³-hybridized carbons (Fsp3) is 0.241. The zero-order valence-corrected chi connectivity index (χ0v) is 22.8. The molecule has 0 saturated carbocycles. The molecule has 38 heavy (non-hydrogen) atoms. The molecule has 1 aliphatic carbocycles. The van der Waals surface area contributed by atoms with Crippen LogP contribution in [0.4, 0.5) is 11.4 Å². The predicted molar refractivity (Wildman–Crippen MR) is 149 cm³/mol. The molecule has 3 aromatic carbocycles. The van der Waals surface area contributed by atoms with Gasteiger partial charge in [-0.25, -0.2) is 0 Å². The molecule has 0 saturated heterocycles. The molecule has 7 nitrogen and oxygen atoms in total. The van der Waals surface area contributed by atoms with Crippen LogP contribution in [0.3, 0.4) is 0 Å². The van der Waals surface area contributed by atoms with Crippen LogP contribution in [-0.2, 0) is 22.7 Å². The van der Waals surface area contributed by atoms with E-state index in [1.165, 1.54) is 0 Å². The Hall–Kier alpha value is -3.68. The molecule has 0 atom stereocenters. The minimum absolute atomic E-state index is 0.165. The molecule has 3 aromatic rings. The molecule has 1 aliphatic rings. The third-order valence-electron chi connectivity index (χ3n) is 6.94. The Labute approximate surface area is 230 Å². The number of ketones is 2. The van der Waals surface area contributed by atoms with E-state index in [1.54, 1.807) is 42.5 Å². The number of carbonyl (C=O) groups is 4. The van der Waals surface area contributed by atoms with E-state index in [2.05, 4.69) is 16.0 Å². The van der Waals surface area contributed by atoms with E-state index in [9.17, 15) is 19.2 Å². The standard InChI is InChI=1S/C29H27Cl2N3O4/c1-15-21(13-32-24(35)11-30)16(2)27(17(3)22(15)14-33-25(36)12-31)34-23-10-6-9-20-26(23)29(38)19-8-5-4-7-18(19)28(20)37/h4-10,34H,11-14H2,1-3H3,(H,32,35)(H,33,36). The number of amides is 2. The molecule has 4 rings (SSSR count). The molecule has 0 spiro atoms. The van der Waals surface area contributed by atoms with Gasteiger partial charge in [-0.3, -0.25) is 19.2 Å². The van der Waals surface area contributed by atoms with Crippen molar-refractivity contribution >= 4 is 58.0 Å². The van der Waals surface area contributed by atoms with E-state index in [1.807, 2.05) is 20.8 Å². The van der Waals surface area contributed by atoms with Gasteiger partial charge in [-0.15, -0.1) is 23.2 Å². The summed E-state index contributed by atoms with van der Waals surface area (Å²) >= 11 is 11.4. The van der Waals surface area contributed by atoms with Gasteiger partial charge in [0.2, 0.25) is 11.8 Å². The van der Waals surface area contributed by atoms with Gasteiger partial charge in [-0.2, -0.15) is 0 Å². The lowest BCUT2D eigenvalue weighted by Gasteiger charge is -2.26. The average Bonchev–Trinajstić information content (AvgIpc) is 2.93. The van der Waals surface area contributed by atoms with Crippen LogP contribution in [0.5, 0.6) is 0 Å². The van der Waals surface area contributed by atoms with Gasteiger partial charge in [0.25, 0.3) is 0 Å². The van der Waals surface area contributed by atoms with Crippen molar-refractivity contribution in [2.75, 3.05) is 17.1 Å². The second-order valence-corrected chi connectivity index (χ2v) is 9.62. The maximum atomic E-state index is 13.5. The molecule has 0 fully saturated rings. The average molecular weight is 552 g/mol. The quantitative estimate of drug-likeness (QED) is 0.272. The monoisotopic (exact) mass is 551 g/mol. The van der Waals surface area contributed by atoms with Crippen molar-refractivity contribution in [3.8, 4) is 0 Å². The number of anilines is 2. The number of fused-ring (bicyclic) bond motifs is 2. The van der Waals surface area contributed by atoms with Crippen molar-refractivity contribution in [1.82, 2.24) is 10.6 Å². The van der Waals surface area contributed by atoms with E-state index in [0.29, 0.717) is 33.6 Å². The van der Waals surface area contributed by atoms with Crippen molar-refractivity contribution in [2.24, 2.45) is 0 Å². The smallest absolute Gasteiger partial charge is 0.235 e. The van der Waals surface area contributed by atoms with Gasteiger partial charge in [-0.05, 0) is 54.7 Å². The Balaban J connectivity index is 1.83. The highest BCUT2D eigenvalue weighted by molar-refractivity contribution is 6.30. The molecular formula is C29H27Cl2N3O4. The summed E-state index contributed by atoms with van der Waals surface area (Å²) in [5.74, 6) is -1.38. The van der Waals surface area contributed by atoms with Gasteiger partial charge in [0.15, 0.2) is 11.6 Å². The van der Waals surface area contributed by atoms with Gasteiger partial charge in [0.1, 0.15) is 11.8 Å². The zero-order valence-electron chi connectivity index (χ0n) is 21.3. The third-order valence-corrected chi connectivity index (χ3v) is 7.43. The summed E-state index contributed by atoms with van der Waals surface area (Å²) in [4.78, 5) is 50.6. The molecule has 0 aromatic heterocycles. The summed E-state index contributed by atoms with van der Waals surface area (Å²) in [7, 11) is 0. The summed E-state index contributed by atoms with van der Waals surface area (Å²) in [5, 5.41) is 9.04. The zero-order chi connectivity index (χ0) is 27.6. The molecule has 0 radical (unpaired) electrons. The maximum Gasteiger partial charge on any atom is 0.235 e. The molecule has 0 aliphatic heterocycles. The Kier molecular flexibility index (Phi) is 8.19. The fourth-order valence-electron chi connectivity index (χ4n) is 4.90. The van der Waals surface area contributed by atoms with Crippen molar-refractivity contribution in [1.29, 1.82) is 0 Å². The molecule has 196 valence electrons. The molecule has 0 heterocycles. The van der Waals surface area contributed by atoms with Gasteiger partial charge in [-0.1, -0.05) is 36.4 Å². The van der Waals surface area contributed by atoms with Crippen LogP contribution in [0.15, 0.2) is 42.5 Å². The minimum atomic E-state index is -0.308. The third kappa shape index (κ3) is 5.04. The summed E-state index contributed by atoms with van der Waals surface area (Å²) in [5.41, 5.74) is 6.94. The lowest BCUT2D eigenvalue weighted by atomic mass is 9.83. The predicted octanol–water partition coefficient (Wildman–Crippen LogP) is 4.84. The Bertz CT molecular complexity index is 1440. The number of nitrogens with one attached hydrogen (secondary N) is 3. The van der Waals surface area contributed by atoms with Crippen molar-refractivity contribution in [2.45, 2.75) is 33.9 Å². The first-order valence-electron chi connectivity index (χ1n) is 12.0. The van der Waals surface area contributed by atoms with Crippen LogP contribution in [0.25, 0.3) is 0 Å². The molecule has 3 N–H and O–H groups in total. The first-order valence-corrected chi connectivity index (χ1v) is 13.1. The van der Waals surface area contributed by atoms with Crippen LogP contribution in [0.1, 0.15) is 59.7 Å². The maximum absolute atomic E-state index is 13.5. The summed E-state index contributed by atoms with van der Waals surface area (Å²) < 4.78 is 0. The van der Waals surface area contributed by atoms with Crippen LogP contribution in [0.2, 0.25) is 0 Å². The van der Waals surface area contributed by atoms with E-state index in [4.69, 9.17) is 23.2 Å². The number of benzene rings is 3. The van der Waals surface area contributed by atoms with Crippen molar-refractivity contribution in [3.05, 3.63) is 92.5 Å². The molecule has 9 heteroatoms. The van der Waals surface area contributed by atoms with Gasteiger partial charge >= 0.3 is 0 Å². The SMILES string of the molecule is Cc1c(CNC(=O)CCl)c(C)c(Nc2cccc3c2C(=O)c2ccccc2C3=O)c(C)c1CNC(=O)CCl. The second kappa shape index (κ2) is 11.4. The number of carbonyl (C=O) groups excluding carboxylic acids is 4. The normalized spacial score (nSPS) is 12.0. The fourth-order valence-corrected chi connectivity index (χ4v) is 5.09. The number of alkyl halides is 2. The van der Waals surface area contributed by atoms with Crippen LogP contribution in [0, 0.1) is 20.8 Å². The first kappa shape index (κ1) is 27.4.